The molecule has 19 heavy (non-hydrogen) atoms. The average molecular weight is 283 g/mol. The maximum atomic E-state index is 10.7. The minimum Gasteiger partial charge on any atom is -0.325 e. The van der Waals surface area contributed by atoms with Gasteiger partial charge >= 0.3 is 0 Å². The fraction of sp³-hybridized carbons (Fsp3) is 0.571. The van der Waals surface area contributed by atoms with Gasteiger partial charge in [-0.25, -0.2) is 0 Å². The summed E-state index contributed by atoms with van der Waals surface area (Å²) in [5.41, 5.74) is 7.20. The van der Waals surface area contributed by atoms with E-state index in [4.69, 9.17) is 17.3 Å². The summed E-state index contributed by atoms with van der Waals surface area (Å²) in [6, 6.07) is 4.65. The Labute approximate surface area is 118 Å². The van der Waals surface area contributed by atoms with Crippen LogP contribution in [0.3, 0.4) is 0 Å². The maximum absolute atomic E-state index is 10.7. The van der Waals surface area contributed by atoms with Crippen molar-refractivity contribution >= 4 is 17.3 Å². The SMILES string of the molecule is NC1(Cc2ccc([N+](=O)[O-])cc2Cl)CCCCCC1. The summed E-state index contributed by atoms with van der Waals surface area (Å²) < 4.78 is 0. The van der Waals surface area contributed by atoms with E-state index in [1.807, 2.05) is 0 Å². The molecular formula is C14H19ClN2O2. The number of nitro benzene ring substituents is 1. The Balaban J connectivity index is 2.16. The second kappa shape index (κ2) is 5.88. The summed E-state index contributed by atoms with van der Waals surface area (Å²) in [5.74, 6) is 0. The molecule has 0 amide bonds. The number of nitro groups is 1. The molecule has 2 N–H and O–H groups in total. The Morgan fingerprint density at radius 2 is 1.89 bits per heavy atom. The van der Waals surface area contributed by atoms with Crippen LogP contribution in [0.25, 0.3) is 0 Å². The van der Waals surface area contributed by atoms with Crippen molar-refractivity contribution in [1.82, 2.24) is 0 Å². The minimum atomic E-state index is -0.431. The first-order chi connectivity index (χ1) is 9.00. The van der Waals surface area contributed by atoms with E-state index in [1.165, 1.54) is 25.0 Å². The lowest BCUT2D eigenvalue weighted by Gasteiger charge is -2.28. The Bertz CT molecular complexity index is 469. The number of hydrogen-bond acceptors (Lipinski definition) is 3. The van der Waals surface area contributed by atoms with E-state index in [9.17, 15) is 10.1 Å². The fourth-order valence-electron chi connectivity index (χ4n) is 2.78. The van der Waals surface area contributed by atoms with Gasteiger partial charge in [0.15, 0.2) is 0 Å². The number of non-ortho nitro benzene ring substituents is 1. The number of rotatable bonds is 3. The van der Waals surface area contributed by atoms with E-state index in [0.717, 1.165) is 31.2 Å². The van der Waals surface area contributed by atoms with Crippen LogP contribution in [0.1, 0.15) is 44.1 Å². The molecule has 0 heterocycles. The molecule has 1 aliphatic carbocycles. The lowest BCUT2D eigenvalue weighted by molar-refractivity contribution is -0.384. The highest BCUT2D eigenvalue weighted by atomic mass is 35.5. The highest BCUT2D eigenvalue weighted by Gasteiger charge is 2.27. The van der Waals surface area contributed by atoms with Gasteiger partial charge in [0.2, 0.25) is 0 Å². The zero-order chi connectivity index (χ0) is 13.9. The van der Waals surface area contributed by atoms with Gasteiger partial charge in [-0.1, -0.05) is 43.4 Å². The van der Waals surface area contributed by atoms with Crippen molar-refractivity contribution in [2.75, 3.05) is 0 Å². The molecule has 0 bridgehead atoms. The van der Waals surface area contributed by atoms with Gasteiger partial charge in [-0.3, -0.25) is 10.1 Å². The smallest absolute Gasteiger partial charge is 0.270 e. The summed E-state index contributed by atoms with van der Waals surface area (Å²) in [6.45, 7) is 0. The Morgan fingerprint density at radius 3 is 2.42 bits per heavy atom. The van der Waals surface area contributed by atoms with Crippen LogP contribution in [0.5, 0.6) is 0 Å². The number of benzene rings is 1. The monoisotopic (exact) mass is 282 g/mol. The lowest BCUT2D eigenvalue weighted by atomic mass is 9.85. The van der Waals surface area contributed by atoms with Crippen molar-refractivity contribution < 1.29 is 4.92 Å². The van der Waals surface area contributed by atoms with Crippen LogP contribution < -0.4 is 5.73 Å². The minimum absolute atomic E-state index is 0.0284. The number of halogens is 1. The molecule has 104 valence electrons. The van der Waals surface area contributed by atoms with Gasteiger partial charge in [0.1, 0.15) is 0 Å². The van der Waals surface area contributed by atoms with Crippen LogP contribution in [-0.4, -0.2) is 10.5 Å². The van der Waals surface area contributed by atoms with Crippen LogP contribution in [0.4, 0.5) is 5.69 Å². The summed E-state index contributed by atoms with van der Waals surface area (Å²) in [6.07, 6.45) is 7.49. The molecular weight excluding hydrogens is 264 g/mol. The molecule has 1 fully saturated rings. The summed E-state index contributed by atoms with van der Waals surface area (Å²) in [4.78, 5) is 10.3. The van der Waals surface area contributed by atoms with Gasteiger partial charge in [0.05, 0.1) is 9.95 Å². The average Bonchev–Trinajstić information content (AvgIpc) is 2.57. The van der Waals surface area contributed by atoms with Crippen molar-refractivity contribution in [2.45, 2.75) is 50.5 Å². The first-order valence-electron chi connectivity index (χ1n) is 6.72. The Kier molecular flexibility index (Phi) is 4.42. The van der Waals surface area contributed by atoms with E-state index in [0.29, 0.717) is 11.4 Å². The Hall–Kier alpha value is -1.13. The largest absolute Gasteiger partial charge is 0.325 e. The molecule has 0 aromatic heterocycles. The van der Waals surface area contributed by atoms with Gasteiger partial charge in [0, 0.05) is 17.7 Å². The number of hydrogen-bond donors (Lipinski definition) is 1. The topological polar surface area (TPSA) is 69.2 Å². The van der Waals surface area contributed by atoms with Gasteiger partial charge in [0.25, 0.3) is 5.69 Å². The Morgan fingerprint density at radius 1 is 1.26 bits per heavy atom. The van der Waals surface area contributed by atoms with Gasteiger partial charge < -0.3 is 5.73 Å². The molecule has 4 nitrogen and oxygen atoms in total. The normalized spacial score (nSPS) is 18.8. The van der Waals surface area contributed by atoms with Crippen LogP contribution >= 0.6 is 11.6 Å². The molecule has 0 atom stereocenters. The molecule has 0 unspecified atom stereocenters. The summed E-state index contributed by atoms with van der Waals surface area (Å²) in [5, 5.41) is 11.1. The number of nitrogens with two attached hydrogens (primary N) is 1. The molecule has 0 saturated heterocycles. The molecule has 1 aromatic rings. The molecule has 0 spiro atoms. The van der Waals surface area contributed by atoms with Crippen LogP contribution in [0, 0.1) is 10.1 Å². The quantitative estimate of drug-likeness (QED) is 0.520. The van der Waals surface area contributed by atoms with E-state index >= 15 is 0 Å². The second-order valence-electron chi connectivity index (χ2n) is 5.49. The van der Waals surface area contributed by atoms with E-state index < -0.39 is 4.92 Å². The van der Waals surface area contributed by atoms with Crippen LogP contribution in [-0.2, 0) is 6.42 Å². The van der Waals surface area contributed by atoms with Crippen molar-refractivity contribution in [2.24, 2.45) is 5.73 Å². The van der Waals surface area contributed by atoms with Gasteiger partial charge in [-0.2, -0.15) is 0 Å². The molecule has 1 aliphatic rings. The first-order valence-corrected chi connectivity index (χ1v) is 7.10. The number of nitrogens with zero attached hydrogens (tertiary/aromatic N) is 1. The molecule has 0 radical (unpaired) electrons. The standard InChI is InChI=1S/C14H19ClN2O2/c15-13-9-12(17(18)19)6-5-11(13)10-14(16)7-3-1-2-4-8-14/h5-6,9H,1-4,7-8,10,16H2. The van der Waals surface area contributed by atoms with Crippen molar-refractivity contribution in [3.63, 3.8) is 0 Å². The first kappa shape index (κ1) is 14.3. The predicted octanol–water partition coefficient (Wildman–Crippen LogP) is 3.84. The third kappa shape index (κ3) is 3.67. The zero-order valence-electron chi connectivity index (χ0n) is 10.9. The maximum Gasteiger partial charge on any atom is 0.270 e. The lowest BCUT2D eigenvalue weighted by Crippen LogP contribution is -2.41. The van der Waals surface area contributed by atoms with Crippen LogP contribution in [0.2, 0.25) is 5.02 Å². The molecule has 5 heteroatoms. The second-order valence-corrected chi connectivity index (χ2v) is 5.89. The zero-order valence-corrected chi connectivity index (χ0v) is 11.7. The van der Waals surface area contributed by atoms with E-state index in [1.54, 1.807) is 6.07 Å². The van der Waals surface area contributed by atoms with Crippen molar-refractivity contribution in [3.8, 4) is 0 Å². The van der Waals surface area contributed by atoms with Gasteiger partial charge in [-0.05, 0) is 24.8 Å². The summed E-state index contributed by atoms with van der Waals surface area (Å²) >= 11 is 6.14. The molecule has 2 rings (SSSR count). The highest BCUT2D eigenvalue weighted by Crippen LogP contribution is 2.31. The molecule has 1 aromatic carbocycles. The third-order valence-corrected chi connectivity index (χ3v) is 4.24. The fourth-order valence-corrected chi connectivity index (χ4v) is 3.02. The van der Waals surface area contributed by atoms with Crippen molar-refractivity contribution in [1.29, 1.82) is 0 Å². The highest BCUT2D eigenvalue weighted by molar-refractivity contribution is 6.31. The van der Waals surface area contributed by atoms with Crippen molar-refractivity contribution in [3.05, 3.63) is 38.9 Å². The third-order valence-electron chi connectivity index (χ3n) is 3.89. The molecule has 0 aliphatic heterocycles. The molecule has 1 saturated carbocycles. The van der Waals surface area contributed by atoms with E-state index in [-0.39, 0.29) is 11.2 Å². The summed E-state index contributed by atoms with van der Waals surface area (Å²) in [7, 11) is 0. The van der Waals surface area contributed by atoms with Gasteiger partial charge in [-0.15, -0.1) is 0 Å². The van der Waals surface area contributed by atoms with Crippen LogP contribution in [0.15, 0.2) is 18.2 Å². The predicted molar refractivity (Wildman–Crippen MR) is 76.4 cm³/mol. The van der Waals surface area contributed by atoms with E-state index in [2.05, 4.69) is 0 Å².